The topological polar surface area (TPSA) is 50.4 Å². The molecule has 0 aromatic heterocycles. The summed E-state index contributed by atoms with van der Waals surface area (Å²) in [5.74, 6) is -0.0901. The third-order valence-corrected chi connectivity index (χ3v) is 3.73. The van der Waals surface area contributed by atoms with E-state index in [4.69, 9.17) is 4.74 Å². The Morgan fingerprint density at radius 3 is 2.68 bits per heavy atom. The summed E-state index contributed by atoms with van der Waals surface area (Å²) in [6.07, 6.45) is 0.375. The highest BCUT2D eigenvalue weighted by molar-refractivity contribution is 5.95. The molecule has 0 radical (unpaired) electrons. The van der Waals surface area contributed by atoms with Gasteiger partial charge in [0.15, 0.2) is 0 Å². The van der Waals surface area contributed by atoms with Crippen LogP contribution in [0.1, 0.15) is 11.1 Å². The van der Waals surface area contributed by atoms with Gasteiger partial charge in [0.2, 0.25) is 0 Å². The van der Waals surface area contributed by atoms with Gasteiger partial charge in [-0.15, -0.1) is 0 Å². The highest BCUT2D eigenvalue weighted by atomic mass is 16.5. The molecule has 2 aromatic carbocycles. The average molecular weight is 296 g/mol. The number of hydrogen-bond donors (Lipinski definition) is 2. The lowest BCUT2D eigenvalue weighted by atomic mass is 10.0. The van der Waals surface area contributed by atoms with E-state index < -0.39 is 6.10 Å². The van der Waals surface area contributed by atoms with E-state index in [1.54, 1.807) is 0 Å². The molecule has 1 saturated heterocycles. The van der Waals surface area contributed by atoms with E-state index in [-0.39, 0.29) is 5.91 Å². The van der Waals surface area contributed by atoms with Crippen molar-refractivity contribution in [2.75, 3.05) is 25.0 Å². The van der Waals surface area contributed by atoms with Crippen LogP contribution in [0.25, 0.3) is 0 Å². The molecule has 1 aliphatic heterocycles. The quantitative estimate of drug-likeness (QED) is 0.909. The molecule has 1 atom stereocenters. The minimum Gasteiger partial charge on any atom is -0.366 e. The molecule has 4 nitrogen and oxygen atoms in total. The van der Waals surface area contributed by atoms with Gasteiger partial charge in [-0.1, -0.05) is 48.5 Å². The molecule has 1 unspecified atom stereocenters. The Labute approximate surface area is 130 Å². The van der Waals surface area contributed by atoms with Crippen LogP contribution in [-0.4, -0.2) is 31.7 Å². The molecule has 0 saturated carbocycles. The van der Waals surface area contributed by atoms with Gasteiger partial charge in [0.05, 0.1) is 6.61 Å². The summed E-state index contributed by atoms with van der Waals surface area (Å²) in [4.78, 5) is 12.3. The Morgan fingerprint density at radius 2 is 1.91 bits per heavy atom. The second kappa shape index (κ2) is 7.20. The molecule has 0 aliphatic carbocycles. The van der Waals surface area contributed by atoms with E-state index in [1.165, 1.54) is 5.56 Å². The molecule has 1 amide bonds. The Morgan fingerprint density at radius 1 is 1.14 bits per heavy atom. The number of carbonyl (C=O) groups excluding carboxylic acids is 1. The van der Waals surface area contributed by atoms with Crippen molar-refractivity contribution >= 4 is 11.6 Å². The first-order valence-corrected chi connectivity index (χ1v) is 7.58. The third kappa shape index (κ3) is 3.72. The number of para-hydroxylation sites is 1. The van der Waals surface area contributed by atoms with Crippen LogP contribution in [0, 0.1) is 0 Å². The number of benzene rings is 2. The van der Waals surface area contributed by atoms with Gasteiger partial charge in [-0.3, -0.25) is 4.79 Å². The highest BCUT2D eigenvalue weighted by Crippen LogP contribution is 2.19. The standard InChI is InChI=1S/C18H20N2O2/c21-18(17-13-19-10-11-22-17)20-16-9-5-4-8-15(16)12-14-6-2-1-3-7-14/h1-9,17,19H,10-13H2,(H,20,21). The number of morpholine rings is 1. The van der Waals surface area contributed by atoms with E-state index >= 15 is 0 Å². The fourth-order valence-corrected chi connectivity index (χ4v) is 2.56. The van der Waals surface area contributed by atoms with Gasteiger partial charge in [-0.2, -0.15) is 0 Å². The van der Waals surface area contributed by atoms with Gasteiger partial charge in [0, 0.05) is 18.8 Å². The van der Waals surface area contributed by atoms with Gasteiger partial charge >= 0.3 is 0 Å². The van der Waals surface area contributed by atoms with Crippen LogP contribution in [0.15, 0.2) is 54.6 Å². The van der Waals surface area contributed by atoms with Crippen molar-refractivity contribution in [2.45, 2.75) is 12.5 Å². The lowest BCUT2D eigenvalue weighted by Gasteiger charge is -2.23. The molecule has 1 aliphatic rings. The summed E-state index contributed by atoms with van der Waals surface area (Å²) in [5.41, 5.74) is 3.18. The Bertz CT molecular complexity index is 622. The predicted molar refractivity (Wildman–Crippen MR) is 86.9 cm³/mol. The number of ether oxygens (including phenoxy) is 1. The molecular weight excluding hydrogens is 276 g/mol. The predicted octanol–water partition coefficient (Wildman–Crippen LogP) is 2.20. The Balaban J connectivity index is 1.72. The molecule has 2 aromatic rings. The van der Waals surface area contributed by atoms with Crippen molar-refractivity contribution in [2.24, 2.45) is 0 Å². The highest BCUT2D eigenvalue weighted by Gasteiger charge is 2.22. The number of hydrogen-bond acceptors (Lipinski definition) is 3. The van der Waals surface area contributed by atoms with Crippen molar-refractivity contribution in [1.29, 1.82) is 0 Å². The maximum atomic E-state index is 12.3. The number of rotatable bonds is 4. The van der Waals surface area contributed by atoms with Crippen LogP contribution in [0.3, 0.4) is 0 Å². The first-order chi connectivity index (χ1) is 10.8. The SMILES string of the molecule is O=C(Nc1ccccc1Cc1ccccc1)C1CNCCO1. The van der Waals surface area contributed by atoms with Crippen molar-refractivity contribution in [3.8, 4) is 0 Å². The zero-order chi connectivity index (χ0) is 15.2. The smallest absolute Gasteiger partial charge is 0.254 e. The van der Waals surface area contributed by atoms with Crippen LogP contribution >= 0.6 is 0 Å². The summed E-state index contributed by atoms with van der Waals surface area (Å²) < 4.78 is 5.50. The van der Waals surface area contributed by atoms with Crippen LogP contribution in [0.5, 0.6) is 0 Å². The van der Waals surface area contributed by atoms with Crippen LogP contribution < -0.4 is 10.6 Å². The molecule has 0 bridgehead atoms. The minimum absolute atomic E-state index is 0.0901. The fraction of sp³-hybridized carbons (Fsp3) is 0.278. The maximum Gasteiger partial charge on any atom is 0.254 e. The van der Waals surface area contributed by atoms with E-state index in [1.807, 2.05) is 42.5 Å². The number of carbonyl (C=O) groups is 1. The van der Waals surface area contributed by atoms with Gasteiger partial charge in [-0.25, -0.2) is 0 Å². The van der Waals surface area contributed by atoms with E-state index in [0.717, 1.165) is 24.2 Å². The Kier molecular flexibility index (Phi) is 4.83. The first kappa shape index (κ1) is 14.8. The number of nitrogens with one attached hydrogen (secondary N) is 2. The fourth-order valence-electron chi connectivity index (χ4n) is 2.56. The lowest BCUT2D eigenvalue weighted by molar-refractivity contribution is -0.128. The normalized spacial score (nSPS) is 17.9. The summed E-state index contributed by atoms with van der Waals surface area (Å²) in [6.45, 7) is 1.94. The van der Waals surface area contributed by atoms with E-state index in [2.05, 4.69) is 22.8 Å². The molecule has 1 fully saturated rings. The van der Waals surface area contributed by atoms with E-state index in [9.17, 15) is 4.79 Å². The van der Waals surface area contributed by atoms with Gasteiger partial charge < -0.3 is 15.4 Å². The average Bonchev–Trinajstić information content (AvgIpc) is 2.58. The zero-order valence-electron chi connectivity index (χ0n) is 12.4. The number of amides is 1. The van der Waals surface area contributed by atoms with Crippen LogP contribution in [0.2, 0.25) is 0 Å². The molecule has 4 heteroatoms. The monoisotopic (exact) mass is 296 g/mol. The molecular formula is C18H20N2O2. The summed E-state index contributed by atoms with van der Waals surface area (Å²) in [5, 5.41) is 6.17. The molecule has 114 valence electrons. The van der Waals surface area contributed by atoms with Crippen molar-refractivity contribution in [3.05, 3.63) is 65.7 Å². The first-order valence-electron chi connectivity index (χ1n) is 7.58. The second-order valence-electron chi connectivity index (χ2n) is 5.37. The molecule has 3 rings (SSSR count). The molecule has 22 heavy (non-hydrogen) atoms. The van der Waals surface area contributed by atoms with E-state index in [0.29, 0.717) is 13.2 Å². The molecule has 0 spiro atoms. The number of anilines is 1. The second-order valence-corrected chi connectivity index (χ2v) is 5.37. The van der Waals surface area contributed by atoms with Gasteiger partial charge in [0.1, 0.15) is 6.10 Å². The van der Waals surface area contributed by atoms with Gasteiger partial charge in [-0.05, 0) is 23.6 Å². The molecule has 2 N–H and O–H groups in total. The molecule has 1 heterocycles. The summed E-state index contributed by atoms with van der Waals surface area (Å²) in [6, 6.07) is 18.1. The van der Waals surface area contributed by atoms with Crippen LogP contribution in [0.4, 0.5) is 5.69 Å². The largest absolute Gasteiger partial charge is 0.366 e. The van der Waals surface area contributed by atoms with Crippen molar-refractivity contribution in [3.63, 3.8) is 0 Å². The summed E-state index contributed by atoms with van der Waals surface area (Å²) in [7, 11) is 0. The van der Waals surface area contributed by atoms with Crippen LogP contribution in [-0.2, 0) is 16.0 Å². The van der Waals surface area contributed by atoms with Crippen molar-refractivity contribution < 1.29 is 9.53 Å². The Hall–Kier alpha value is -2.17. The minimum atomic E-state index is -0.418. The summed E-state index contributed by atoms with van der Waals surface area (Å²) >= 11 is 0. The third-order valence-electron chi connectivity index (χ3n) is 3.73. The zero-order valence-corrected chi connectivity index (χ0v) is 12.4. The lowest BCUT2D eigenvalue weighted by Crippen LogP contribution is -2.45. The van der Waals surface area contributed by atoms with Gasteiger partial charge in [0.25, 0.3) is 5.91 Å². The van der Waals surface area contributed by atoms with Crippen molar-refractivity contribution in [1.82, 2.24) is 5.32 Å². The maximum absolute atomic E-state index is 12.3.